The highest BCUT2D eigenvalue weighted by Crippen LogP contribution is 2.17. The zero-order valence-electron chi connectivity index (χ0n) is 11.7. The lowest BCUT2D eigenvalue weighted by atomic mass is 10.3. The van der Waals surface area contributed by atoms with E-state index in [4.69, 9.17) is 14.6 Å². The first kappa shape index (κ1) is 15.7. The van der Waals surface area contributed by atoms with Crippen molar-refractivity contribution in [1.82, 2.24) is 4.90 Å². The van der Waals surface area contributed by atoms with Crippen molar-refractivity contribution >= 4 is 15.9 Å². The van der Waals surface area contributed by atoms with Crippen molar-refractivity contribution in [3.05, 3.63) is 24.3 Å². The summed E-state index contributed by atoms with van der Waals surface area (Å²) in [6.07, 6.45) is -0.650. The minimum atomic E-state index is -3.73. The molecule has 8 heteroatoms. The zero-order valence-corrected chi connectivity index (χ0v) is 12.5. The maximum Gasteiger partial charge on any atom is 0.263 e. The molecule has 1 heterocycles. The molecule has 7 nitrogen and oxygen atoms in total. The van der Waals surface area contributed by atoms with E-state index in [1.807, 2.05) is 0 Å². The van der Waals surface area contributed by atoms with Gasteiger partial charge in [0.1, 0.15) is 5.75 Å². The molecule has 0 radical (unpaired) electrons. The molecule has 0 aliphatic carbocycles. The van der Waals surface area contributed by atoms with Gasteiger partial charge in [0.15, 0.2) is 6.10 Å². The number of hydrogen-bond donors (Lipinski definition) is 1. The lowest BCUT2D eigenvalue weighted by molar-refractivity contribution is -0.142. The van der Waals surface area contributed by atoms with Gasteiger partial charge in [0, 0.05) is 13.1 Å². The van der Waals surface area contributed by atoms with E-state index in [1.165, 1.54) is 24.3 Å². The maximum atomic E-state index is 12.2. The summed E-state index contributed by atoms with van der Waals surface area (Å²) in [6, 6.07) is 5.64. The number of carbonyl (C=O) groups is 1. The van der Waals surface area contributed by atoms with Crippen LogP contribution in [0, 0.1) is 0 Å². The molecule has 1 atom stereocenters. The Morgan fingerprint density at radius 2 is 1.86 bits per heavy atom. The molecule has 0 spiro atoms. The van der Waals surface area contributed by atoms with Crippen LogP contribution in [-0.4, -0.2) is 51.6 Å². The number of sulfonamides is 1. The molecule has 1 aromatic carbocycles. The monoisotopic (exact) mass is 314 g/mol. The molecule has 21 heavy (non-hydrogen) atoms. The Kier molecular flexibility index (Phi) is 4.81. The van der Waals surface area contributed by atoms with Crippen LogP contribution < -0.4 is 9.88 Å². The fourth-order valence-corrected chi connectivity index (χ4v) is 2.52. The van der Waals surface area contributed by atoms with Crippen LogP contribution in [0.1, 0.15) is 6.92 Å². The first-order valence-electron chi connectivity index (χ1n) is 6.54. The molecule has 0 saturated carbocycles. The van der Waals surface area contributed by atoms with Gasteiger partial charge < -0.3 is 14.4 Å². The standard InChI is InChI=1S/C13H18N2O5S/c1-10(13(16)15-6-8-19-9-7-15)20-11-2-4-12(5-3-11)21(14,17)18/h2-5,10H,6-9H2,1H3,(H2,14,17,18)/t10-/m0/s1. The lowest BCUT2D eigenvalue weighted by Gasteiger charge is -2.29. The van der Waals surface area contributed by atoms with Crippen LogP contribution in [0.3, 0.4) is 0 Å². The highest BCUT2D eigenvalue weighted by Gasteiger charge is 2.23. The van der Waals surface area contributed by atoms with Gasteiger partial charge in [-0.2, -0.15) is 0 Å². The van der Waals surface area contributed by atoms with Gasteiger partial charge in [-0.1, -0.05) is 0 Å². The first-order chi connectivity index (χ1) is 9.88. The van der Waals surface area contributed by atoms with Crippen LogP contribution in [-0.2, 0) is 19.6 Å². The minimum Gasteiger partial charge on any atom is -0.481 e. The number of primary sulfonamides is 1. The van der Waals surface area contributed by atoms with Crippen molar-refractivity contribution in [1.29, 1.82) is 0 Å². The van der Waals surface area contributed by atoms with Gasteiger partial charge in [0.05, 0.1) is 18.1 Å². The summed E-state index contributed by atoms with van der Waals surface area (Å²) in [5.41, 5.74) is 0. The third-order valence-electron chi connectivity index (χ3n) is 3.14. The second kappa shape index (κ2) is 6.42. The van der Waals surface area contributed by atoms with Crippen LogP contribution in [0.15, 0.2) is 29.2 Å². The average molecular weight is 314 g/mol. The predicted octanol–water partition coefficient (Wildman–Crippen LogP) is -0.0399. The molecule has 2 rings (SSSR count). The zero-order chi connectivity index (χ0) is 15.5. The Labute approximate surface area is 123 Å². The number of ether oxygens (including phenoxy) is 2. The number of nitrogens with zero attached hydrogens (tertiary/aromatic N) is 1. The fourth-order valence-electron chi connectivity index (χ4n) is 2.00. The first-order valence-corrected chi connectivity index (χ1v) is 8.08. The molecule has 2 N–H and O–H groups in total. The Bertz CT molecular complexity index is 593. The molecule has 1 aliphatic heterocycles. The number of amides is 1. The number of carbonyl (C=O) groups excluding carboxylic acids is 1. The number of nitrogens with two attached hydrogens (primary N) is 1. The molecule has 1 fully saturated rings. The van der Waals surface area contributed by atoms with Gasteiger partial charge >= 0.3 is 0 Å². The van der Waals surface area contributed by atoms with E-state index in [2.05, 4.69) is 0 Å². The maximum absolute atomic E-state index is 12.2. The van der Waals surface area contributed by atoms with Crippen molar-refractivity contribution < 1.29 is 22.7 Å². The van der Waals surface area contributed by atoms with Crippen molar-refractivity contribution in [3.63, 3.8) is 0 Å². The van der Waals surface area contributed by atoms with Gasteiger partial charge in [0.2, 0.25) is 10.0 Å². The Morgan fingerprint density at radius 1 is 1.29 bits per heavy atom. The predicted molar refractivity (Wildman–Crippen MR) is 75.3 cm³/mol. The summed E-state index contributed by atoms with van der Waals surface area (Å²) < 4.78 is 33.0. The third kappa shape index (κ3) is 4.16. The van der Waals surface area contributed by atoms with Gasteiger partial charge in [-0.05, 0) is 31.2 Å². The third-order valence-corrected chi connectivity index (χ3v) is 4.06. The molecule has 116 valence electrons. The van der Waals surface area contributed by atoms with E-state index in [-0.39, 0.29) is 10.8 Å². The highest BCUT2D eigenvalue weighted by atomic mass is 32.2. The molecule has 1 aliphatic rings. The van der Waals surface area contributed by atoms with E-state index < -0.39 is 16.1 Å². The summed E-state index contributed by atoms with van der Waals surface area (Å²) in [7, 11) is -3.73. The van der Waals surface area contributed by atoms with E-state index in [0.717, 1.165) is 0 Å². The highest BCUT2D eigenvalue weighted by molar-refractivity contribution is 7.89. The molecule has 1 amide bonds. The largest absolute Gasteiger partial charge is 0.481 e. The molecule has 1 saturated heterocycles. The van der Waals surface area contributed by atoms with Crippen molar-refractivity contribution in [2.24, 2.45) is 5.14 Å². The number of hydrogen-bond acceptors (Lipinski definition) is 5. The molecular formula is C13H18N2O5S. The van der Waals surface area contributed by atoms with Crippen molar-refractivity contribution in [2.75, 3.05) is 26.3 Å². The van der Waals surface area contributed by atoms with Crippen LogP contribution in [0.5, 0.6) is 5.75 Å². The van der Waals surface area contributed by atoms with E-state index in [9.17, 15) is 13.2 Å². The molecule has 0 aromatic heterocycles. The molecule has 0 bridgehead atoms. The smallest absolute Gasteiger partial charge is 0.263 e. The normalized spacial score (nSPS) is 17.3. The van der Waals surface area contributed by atoms with Crippen LogP contribution in [0.4, 0.5) is 0 Å². The molecule has 0 unspecified atom stereocenters. The summed E-state index contributed by atoms with van der Waals surface area (Å²) in [5, 5.41) is 5.01. The van der Waals surface area contributed by atoms with Crippen molar-refractivity contribution in [2.45, 2.75) is 17.9 Å². The quantitative estimate of drug-likeness (QED) is 0.841. The minimum absolute atomic E-state index is 0.00186. The second-order valence-electron chi connectivity index (χ2n) is 4.71. The van der Waals surface area contributed by atoms with E-state index in [1.54, 1.807) is 11.8 Å². The lowest BCUT2D eigenvalue weighted by Crippen LogP contribution is -2.46. The van der Waals surface area contributed by atoms with Gasteiger partial charge in [-0.15, -0.1) is 0 Å². The van der Waals surface area contributed by atoms with Gasteiger partial charge in [-0.25, -0.2) is 13.6 Å². The van der Waals surface area contributed by atoms with Crippen LogP contribution in [0.2, 0.25) is 0 Å². The summed E-state index contributed by atoms with van der Waals surface area (Å²) in [6.45, 7) is 3.82. The summed E-state index contributed by atoms with van der Waals surface area (Å²) >= 11 is 0. The number of morpholine rings is 1. The molecular weight excluding hydrogens is 296 g/mol. The Balaban J connectivity index is 1.98. The molecule has 1 aromatic rings. The number of benzene rings is 1. The average Bonchev–Trinajstić information content (AvgIpc) is 2.47. The van der Waals surface area contributed by atoms with Crippen LogP contribution >= 0.6 is 0 Å². The second-order valence-corrected chi connectivity index (χ2v) is 6.28. The van der Waals surface area contributed by atoms with Gasteiger partial charge in [0.25, 0.3) is 5.91 Å². The van der Waals surface area contributed by atoms with E-state index >= 15 is 0 Å². The fraction of sp³-hybridized carbons (Fsp3) is 0.462. The summed E-state index contributed by atoms with van der Waals surface area (Å²) in [4.78, 5) is 13.8. The summed E-state index contributed by atoms with van der Waals surface area (Å²) in [5.74, 6) is 0.297. The topological polar surface area (TPSA) is 98.9 Å². The van der Waals surface area contributed by atoms with Gasteiger partial charge in [-0.3, -0.25) is 4.79 Å². The SMILES string of the molecule is C[C@H](Oc1ccc(S(N)(=O)=O)cc1)C(=O)N1CCOCC1. The van der Waals surface area contributed by atoms with Crippen LogP contribution in [0.25, 0.3) is 0 Å². The van der Waals surface area contributed by atoms with Crippen molar-refractivity contribution in [3.8, 4) is 5.75 Å². The number of rotatable bonds is 4. The van der Waals surface area contributed by atoms with E-state index in [0.29, 0.717) is 32.1 Å². The Morgan fingerprint density at radius 3 is 2.38 bits per heavy atom. The Hall–Kier alpha value is -1.64.